The zero-order valence-electron chi connectivity index (χ0n) is 11.4. The average molecular weight is 245 g/mol. The Morgan fingerprint density at radius 1 is 1.33 bits per heavy atom. The number of nitrogens with two attached hydrogens (primary N) is 1. The van der Waals surface area contributed by atoms with Crippen LogP contribution in [0.2, 0.25) is 0 Å². The molecule has 1 aromatic rings. The third kappa shape index (κ3) is 1.66. The molecule has 0 saturated heterocycles. The van der Waals surface area contributed by atoms with Gasteiger partial charge in [-0.05, 0) is 48.4 Å². The Kier molecular flexibility index (Phi) is 2.86. The van der Waals surface area contributed by atoms with Gasteiger partial charge in [-0.2, -0.15) is 0 Å². The van der Waals surface area contributed by atoms with Gasteiger partial charge < -0.3 is 10.5 Å². The van der Waals surface area contributed by atoms with Crippen LogP contribution in [0.15, 0.2) is 18.2 Å². The molecule has 2 bridgehead atoms. The molecule has 1 fully saturated rings. The van der Waals surface area contributed by atoms with E-state index in [9.17, 15) is 0 Å². The minimum atomic E-state index is 0.142. The molecule has 3 unspecified atom stereocenters. The highest BCUT2D eigenvalue weighted by atomic mass is 16.5. The van der Waals surface area contributed by atoms with Gasteiger partial charge in [0.15, 0.2) is 0 Å². The lowest BCUT2D eigenvalue weighted by molar-refractivity contribution is 0.254. The maximum absolute atomic E-state index is 6.58. The maximum Gasteiger partial charge on any atom is 0.119 e. The monoisotopic (exact) mass is 245 g/mol. The molecular formula is C16H23NO. The second-order valence-electron chi connectivity index (χ2n) is 6.18. The van der Waals surface area contributed by atoms with E-state index in [1.807, 2.05) is 0 Å². The van der Waals surface area contributed by atoms with Crippen LogP contribution in [0.5, 0.6) is 5.75 Å². The summed E-state index contributed by atoms with van der Waals surface area (Å²) in [5, 5.41) is 0. The molecule has 2 heteroatoms. The highest BCUT2D eigenvalue weighted by molar-refractivity contribution is 5.44. The Hall–Kier alpha value is -1.02. The molecule has 1 aromatic carbocycles. The van der Waals surface area contributed by atoms with Gasteiger partial charge in [-0.1, -0.05) is 25.8 Å². The SMILES string of the molecule is COc1ccc2c(c1)C1(C)CCCCC(C2)C1N. The molecule has 2 aliphatic carbocycles. The zero-order valence-corrected chi connectivity index (χ0v) is 11.4. The van der Waals surface area contributed by atoms with E-state index in [0.29, 0.717) is 12.0 Å². The van der Waals surface area contributed by atoms with E-state index < -0.39 is 0 Å². The van der Waals surface area contributed by atoms with Crippen LogP contribution >= 0.6 is 0 Å². The van der Waals surface area contributed by atoms with Crippen LogP contribution in [-0.2, 0) is 11.8 Å². The Morgan fingerprint density at radius 2 is 2.17 bits per heavy atom. The molecular weight excluding hydrogens is 222 g/mol. The third-order valence-electron chi connectivity index (χ3n) is 5.18. The molecule has 0 amide bonds. The van der Waals surface area contributed by atoms with Gasteiger partial charge >= 0.3 is 0 Å². The normalized spacial score (nSPS) is 34.6. The van der Waals surface area contributed by atoms with Crippen molar-refractivity contribution in [3.05, 3.63) is 29.3 Å². The number of ether oxygens (including phenoxy) is 1. The predicted molar refractivity (Wildman–Crippen MR) is 74.0 cm³/mol. The predicted octanol–water partition coefficient (Wildman–Crippen LogP) is 3.03. The molecule has 0 aromatic heterocycles. The van der Waals surface area contributed by atoms with Gasteiger partial charge in [-0.3, -0.25) is 0 Å². The Morgan fingerprint density at radius 3 is 2.94 bits per heavy atom. The minimum Gasteiger partial charge on any atom is -0.497 e. The highest BCUT2D eigenvalue weighted by Gasteiger charge is 2.44. The number of methoxy groups -OCH3 is 1. The summed E-state index contributed by atoms with van der Waals surface area (Å²) in [4.78, 5) is 0. The van der Waals surface area contributed by atoms with E-state index in [1.54, 1.807) is 7.11 Å². The number of fused-ring (bicyclic) bond motifs is 4. The van der Waals surface area contributed by atoms with Gasteiger partial charge in [0.05, 0.1) is 7.11 Å². The van der Waals surface area contributed by atoms with E-state index >= 15 is 0 Å². The van der Waals surface area contributed by atoms with Crippen molar-refractivity contribution in [3.8, 4) is 5.75 Å². The van der Waals surface area contributed by atoms with Gasteiger partial charge in [0.25, 0.3) is 0 Å². The molecule has 3 atom stereocenters. The van der Waals surface area contributed by atoms with Crippen LogP contribution in [0, 0.1) is 5.92 Å². The molecule has 2 N–H and O–H groups in total. The van der Waals surface area contributed by atoms with E-state index in [4.69, 9.17) is 10.5 Å². The molecule has 1 saturated carbocycles. The molecule has 98 valence electrons. The van der Waals surface area contributed by atoms with Crippen molar-refractivity contribution in [3.63, 3.8) is 0 Å². The van der Waals surface area contributed by atoms with Crippen LogP contribution < -0.4 is 10.5 Å². The summed E-state index contributed by atoms with van der Waals surface area (Å²) in [5.41, 5.74) is 9.66. The summed E-state index contributed by atoms with van der Waals surface area (Å²) in [5.74, 6) is 1.63. The number of benzene rings is 1. The summed E-state index contributed by atoms with van der Waals surface area (Å²) in [6.45, 7) is 2.35. The van der Waals surface area contributed by atoms with E-state index in [0.717, 1.165) is 12.2 Å². The van der Waals surface area contributed by atoms with Crippen molar-refractivity contribution in [1.82, 2.24) is 0 Å². The molecule has 18 heavy (non-hydrogen) atoms. The van der Waals surface area contributed by atoms with Crippen molar-refractivity contribution < 1.29 is 4.74 Å². The molecule has 0 aliphatic heterocycles. The fourth-order valence-electron chi connectivity index (χ4n) is 3.98. The Balaban J connectivity index is 2.13. The standard InChI is InChI=1S/C16H23NO/c1-16-8-4-3-5-12(15(16)17)9-11-6-7-13(18-2)10-14(11)16/h6-7,10,12,15H,3-5,8-9,17H2,1-2H3. The van der Waals surface area contributed by atoms with Crippen LogP contribution in [0.25, 0.3) is 0 Å². The average Bonchev–Trinajstić information content (AvgIpc) is 2.48. The number of hydrogen-bond donors (Lipinski definition) is 1. The lowest BCUT2D eigenvalue weighted by Gasteiger charge is -2.44. The first kappa shape index (κ1) is 12.0. The Labute approximate surface area is 110 Å². The van der Waals surface area contributed by atoms with Crippen LogP contribution in [0.3, 0.4) is 0 Å². The first-order valence-electron chi connectivity index (χ1n) is 7.08. The van der Waals surface area contributed by atoms with Crippen molar-refractivity contribution in [1.29, 1.82) is 0 Å². The second-order valence-corrected chi connectivity index (χ2v) is 6.18. The van der Waals surface area contributed by atoms with Crippen LogP contribution in [-0.4, -0.2) is 13.2 Å². The largest absolute Gasteiger partial charge is 0.497 e. The van der Waals surface area contributed by atoms with Crippen molar-refractivity contribution in [2.24, 2.45) is 11.7 Å². The van der Waals surface area contributed by atoms with Crippen molar-refractivity contribution in [2.45, 2.75) is 50.5 Å². The molecule has 0 spiro atoms. The molecule has 2 nitrogen and oxygen atoms in total. The molecule has 0 heterocycles. The number of hydrogen-bond acceptors (Lipinski definition) is 2. The molecule has 3 rings (SSSR count). The lowest BCUT2D eigenvalue weighted by atomic mass is 9.63. The van der Waals surface area contributed by atoms with Gasteiger partial charge in [-0.25, -0.2) is 0 Å². The number of rotatable bonds is 1. The van der Waals surface area contributed by atoms with Crippen molar-refractivity contribution in [2.75, 3.05) is 7.11 Å². The maximum atomic E-state index is 6.58. The summed E-state index contributed by atoms with van der Waals surface area (Å²) in [6.07, 6.45) is 6.29. The Bertz CT molecular complexity index is 456. The van der Waals surface area contributed by atoms with Gasteiger partial charge in [-0.15, -0.1) is 0 Å². The molecule has 0 radical (unpaired) electrons. The smallest absolute Gasteiger partial charge is 0.119 e. The lowest BCUT2D eigenvalue weighted by Crippen LogP contribution is -2.51. The van der Waals surface area contributed by atoms with Crippen LogP contribution in [0.1, 0.15) is 43.7 Å². The fourth-order valence-corrected chi connectivity index (χ4v) is 3.98. The highest BCUT2D eigenvalue weighted by Crippen LogP contribution is 2.47. The van der Waals surface area contributed by atoms with Gasteiger partial charge in [0.2, 0.25) is 0 Å². The van der Waals surface area contributed by atoms with Gasteiger partial charge in [0, 0.05) is 11.5 Å². The quantitative estimate of drug-likeness (QED) is 0.825. The first-order valence-corrected chi connectivity index (χ1v) is 7.08. The summed E-state index contributed by atoms with van der Waals surface area (Å²) < 4.78 is 5.39. The molecule has 2 aliphatic rings. The second kappa shape index (κ2) is 4.27. The van der Waals surface area contributed by atoms with E-state index in [-0.39, 0.29) is 5.41 Å². The fraction of sp³-hybridized carbons (Fsp3) is 0.625. The van der Waals surface area contributed by atoms with E-state index in [1.165, 1.54) is 36.8 Å². The summed E-state index contributed by atoms with van der Waals surface area (Å²) >= 11 is 0. The topological polar surface area (TPSA) is 35.2 Å². The third-order valence-corrected chi connectivity index (χ3v) is 5.18. The van der Waals surface area contributed by atoms with Crippen LogP contribution in [0.4, 0.5) is 0 Å². The van der Waals surface area contributed by atoms with Gasteiger partial charge in [0.1, 0.15) is 5.75 Å². The minimum absolute atomic E-state index is 0.142. The van der Waals surface area contributed by atoms with E-state index in [2.05, 4.69) is 25.1 Å². The first-order chi connectivity index (χ1) is 8.65. The van der Waals surface area contributed by atoms with Crippen molar-refractivity contribution >= 4 is 0 Å². The zero-order chi connectivity index (χ0) is 12.8. The summed E-state index contributed by atoms with van der Waals surface area (Å²) in [7, 11) is 1.74. The summed E-state index contributed by atoms with van der Waals surface area (Å²) in [6, 6.07) is 6.86.